The maximum atomic E-state index is 12.6. The predicted octanol–water partition coefficient (Wildman–Crippen LogP) is 4.10. The van der Waals surface area contributed by atoms with Crippen molar-refractivity contribution in [3.63, 3.8) is 0 Å². The SMILES string of the molecule is O=C(Cc1ncn2ccc(Cl)cc12)Nc1ccnc(NCc2cn3cc(C4CC4)ccc3n2)n1. The van der Waals surface area contributed by atoms with Crippen LogP contribution in [-0.4, -0.2) is 34.6 Å². The number of fused-ring (bicyclic) bond motifs is 2. The van der Waals surface area contributed by atoms with Crippen molar-refractivity contribution in [2.24, 2.45) is 0 Å². The van der Waals surface area contributed by atoms with Gasteiger partial charge in [-0.3, -0.25) is 4.79 Å². The summed E-state index contributed by atoms with van der Waals surface area (Å²) in [5.41, 5.74) is 4.60. The first-order valence-electron chi connectivity index (χ1n) is 11.1. The molecule has 1 fully saturated rings. The van der Waals surface area contributed by atoms with Gasteiger partial charge in [0.2, 0.25) is 11.9 Å². The second-order valence-electron chi connectivity index (χ2n) is 8.41. The zero-order valence-corrected chi connectivity index (χ0v) is 18.9. The third-order valence-electron chi connectivity index (χ3n) is 5.83. The maximum absolute atomic E-state index is 12.6. The minimum atomic E-state index is -0.225. The molecule has 10 heteroatoms. The zero-order valence-electron chi connectivity index (χ0n) is 18.1. The van der Waals surface area contributed by atoms with Gasteiger partial charge in [0.1, 0.15) is 11.5 Å². The molecule has 5 aromatic rings. The quantitative estimate of drug-likeness (QED) is 0.370. The lowest BCUT2D eigenvalue weighted by Crippen LogP contribution is -2.16. The highest BCUT2D eigenvalue weighted by molar-refractivity contribution is 6.30. The third kappa shape index (κ3) is 4.29. The number of anilines is 2. The smallest absolute Gasteiger partial charge is 0.231 e. The van der Waals surface area contributed by atoms with Gasteiger partial charge in [-0.15, -0.1) is 0 Å². The predicted molar refractivity (Wildman–Crippen MR) is 129 cm³/mol. The molecular formula is C24H21ClN8O. The van der Waals surface area contributed by atoms with Crippen LogP contribution in [0.5, 0.6) is 0 Å². The Labute approximate surface area is 199 Å². The van der Waals surface area contributed by atoms with Crippen LogP contribution in [0.25, 0.3) is 11.2 Å². The fourth-order valence-electron chi connectivity index (χ4n) is 3.98. The van der Waals surface area contributed by atoms with Gasteiger partial charge in [0.25, 0.3) is 0 Å². The summed E-state index contributed by atoms with van der Waals surface area (Å²) in [7, 11) is 0. The number of carbonyl (C=O) groups excluding carboxylic acids is 1. The molecule has 6 rings (SSSR count). The monoisotopic (exact) mass is 472 g/mol. The van der Waals surface area contributed by atoms with E-state index < -0.39 is 0 Å². The van der Waals surface area contributed by atoms with Gasteiger partial charge in [0.05, 0.1) is 36.2 Å². The van der Waals surface area contributed by atoms with Crippen LogP contribution in [0.3, 0.4) is 0 Å². The number of carbonyl (C=O) groups is 1. The molecule has 2 N–H and O–H groups in total. The molecule has 5 aromatic heterocycles. The summed E-state index contributed by atoms with van der Waals surface area (Å²) in [5.74, 6) is 1.29. The highest BCUT2D eigenvalue weighted by Crippen LogP contribution is 2.39. The van der Waals surface area contributed by atoms with E-state index in [1.54, 1.807) is 30.7 Å². The normalized spacial score (nSPS) is 13.4. The van der Waals surface area contributed by atoms with E-state index in [4.69, 9.17) is 11.6 Å². The minimum absolute atomic E-state index is 0.105. The van der Waals surface area contributed by atoms with Crippen molar-refractivity contribution in [2.45, 2.75) is 31.7 Å². The summed E-state index contributed by atoms with van der Waals surface area (Å²) < 4.78 is 3.89. The van der Waals surface area contributed by atoms with E-state index in [0.29, 0.717) is 34.9 Å². The van der Waals surface area contributed by atoms with E-state index in [0.717, 1.165) is 16.9 Å². The average Bonchev–Trinajstić information content (AvgIpc) is 3.49. The highest BCUT2D eigenvalue weighted by Gasteiger charge is 2.23. The van der Waals surface area contributed by atoms with Crippen LogP contribution < -0.4 is 10.6 Å². The Kier molecular flexibility index (Phi) is 5.10. The zero-order chi connectivity index (χ0) is 23.1. The minimum Gasteiger partial charge on any atom is -0.348 e. The van der Waals surface area contributed by atoms with Crippen molar-refractivity contribution in [1.82, 2.24) is 28.7 Å². The lowest BCUT2D eigenvalue weighted by atomic mass is 10.2. The average molecular weight is 473 g/mol. The summed E-state index contributed by atoms with van der Waals surface area (Å²) in [5, 5.41) is 6.58. The number of pyridine rings is 2. The summed E-state index contributed by atoms with van der Waals surface area (Å²) in [6.07, 6.45) is 11.9. The molecule has 1 aliphatic carbocycles. The van der Waals surface area contributed by atoms with Gasteiger partial charge in [0, 0.05) is 29.8 Å². The molecule has 170 valence electrons. The van der Waals surface area contributed by atoms with Crippen LogP contribution in [-0.2, 0) is 17.8 Å². The fraction of sp³-hybridized carbons (Fsp3) is 0.208. The molecule has 0 aliphatic heterocycles. The van der Waals surface area contributed by atoms with Crippen LogP contribution in [0, 0.1) is 0 Å². The first-order valence-corrected chi connectivity index (χ1v) is 11.4. The molecule has 9 nitrogen and oxygen atoms in total. The van der Waals surface area contributed by atoms with Crippen molar-refractivity contribution in [1.29, 1.82) is 0 Å². The number of aromatic nitrogens is 6. The fourth-order valence-corrected chi connectivity index (χ4v) is 4.14. The number of nitrogens with one attached hydrogen (secondary N) is 2. The molecule has 5 heterocycles. The van der Waals surface area contributed by atoms with E-state index in [2.05, 4.69) is 53.3 Å². The van der Waals surface area contributed by atoms with Crippen molar-refractivity contribution in [3.05, 3.63) is 83.4 Å². The van der Waals surface area contributed by atoms with E-state index in [1.807, 2.05) is 16.8 Å². The Morgan fingerprint density at radius 1 is 1.09 bits per heavy atom. The molecule has 0 radical (unpaired) electrons. The summed E-state index contributed by atoms with van der Waals surface area (Å²) in [6.45, 7) is 0.471. The second kappa shape index (κ2) is 8.42. The van der Waals surface area contributed by atoms with Crippen molar-refractivity contribution in [2.75, 3.05) is 10.6 Å². The molecule has 0 spiro atoms. The van der Waals surface area contributed by atoms with Crippen LogP contribution in [0.1, 0.15) is 35.7 Å². The van der Waals surface area contributed by atoms with Crippen molar-refractivity contribution in [3.8, 4) is 0 Å². The Morgan fingerprint density at radius 2 is 2.00 bits per heavy atom. The molecule has 0 bridgehead atoms. The van der Waals surface area contributed by atoms with E-state index in [1.165, 1.54) is 18.4 Å². The van der Waals surface area contributed by atoms with E-state index >= 15 is 0 Å². The Hall–Kier alpha value is -3.98. The van der Waals surface area contributed by atoms with Crippen molar-refractivity contribution >= 4 is 40.4 Å². The number of hydrogen-bond donors (Lipinski definition) is 2. The second-order valence-corrected chi connectivity index (χ2v) is 8.84. The highest BCUT2D eigenvalue weighted by atomic mass is 35.5. The number of halogens is 1. The van der Waals surface area contributed by atoms with Crippen LogP contribution in [0.15, 0.2) is 61.4 Å². The first-order chi connectivity index (χ1) is 16.6. The Bertz CT molecular complexity index is 1520. The molecule has 0 saturated heterocycles. The number of amides is 1. The molecule has 0 atom stereocenters. The van der Waals surface area contributed by atoms with Gasteiger partial charge < -0.3 is 19.4 Å². The Morgan fingerprint density at radius 3 is 2.88 bits per heavy atom. The first kappa shape index (κ1) is 20.6. The number of nitrogens with zero attached hydrogens (tertiary/aromatic N) is 6. The van der Waals surface area contributed by atoms with E-state index in [-0.39, 0.29) is 12.3 Å². The topological polar surface area (TPSA) is 102 Å². The van der Waals surface area contributed by atoms with Gasteiger partial charge in [-0.2, -0.15) is 4.98 Å². The molecule has 1 saturated carbocycles. The van der Waals surface area contributed by atoms with Gasteiger partial charge in [-0.1, -0.05) is 17.7 Å². The number of imidazole rings is 2. The lowest BCUT2D eigenvalue weighted by molar-refractivity contribution is -0.115. The van der Waals surface area contributed by atoms with Gasteiger partial charge >= 0.3 is 0 Å². The summed E-state index contributed by atoms with van der Waals surface area (Å²) >= 11 is 6.08. The van der Waals surface area contributed by atoms with Crippen LogP contribution in [0.2, 0.25) is 5.02 Å². The summed E-state index contributed by atoms with van der Waals surface area (Å²) in [4.78, 5) is 30.2. The molecule has 0 aromatic carbocycles. The molecule has 1 amide bonds. The largest absolute Gasteiger partial charge is 0.348 e. The number of rotatable bonds is 7. The van der Waals surface area contributed by atoms with Gasteiger partial charge in [-0.05, 0) is 48.6 Å². The standard InChI is InChI=1S/C24H21ClN8O/c25-17-6-8-32-14-28-19(20(32)9-17)10-23(34)30-21-5-7-26-24(31-21)27-11-18-13-33-12-16(15-1-2-15)3-4-22(33)29-18/h3-9,12-15H,1-2,10-11H2,(H2,26,27,30,31,34). The maximum Gasteiger partial charge on any atom is 0.231 e. The molecular weight excluding hydrogens is 452 g/mol. The molecule has 34 heavy (non-hydrogen) atoms. The van der Waals surface area contributed by atoms with E-state index in [9.17, 15) is 4.79 Å². The molecule has 0 unspecified atom stereocenters. The number of hydrogen-bond acceptors (Lipinski definition) is 6. The van der Waals surface area contributed by atoms with Crippen LogP contribution >= 0.6 is 11.6 Å². The molecule has 1 aliphatic rings. The van der Waals surface area contributed by atoms with Gasteiger partial charge in [0.15, 0.2) is 0 Å². The van der Waals surface area contributed by atoms with Crippen LogP contribution in [0.4, 0.5) is 11.8 Å². The van der Waals surface area contributed by atoms with Gasteiger partial charge in [-0.25, -0.2) is 15.0 Å². The lowest BCUT2D eigenvalue weighted by Gasteiger charge is -2.06. The third-order valence-corrected chi connectivity index (χ3v) is 6.07. The summed E-state index contributed by atoms with van der Waals surface area (Å²) in [6, 6.07) is 9.42. The Balaban J connectivity index is 1.10. The van der Waals surface area contributed by atoms with Crippen molar-refractivity contribution < 1.29 is 4.79 Å².